The molecule has 3 aromatic rings. The molecular formula is C26H22ClN3O3. The number of hydrogen-bond acceptors (Lipinski definition) is 4. The molecule has 0 spiro atoms. The van der Waals surface area contributed by atoms with E-state index in [1.807, 2.05) is 38.1 Å². The van der Waals surface area contributed by atoms with Crippen molar-refractivity contribution in [3.05, 3.63) is 94.0 Å². The van der Waals surface area contributed by atoms with Crippen LogP contribution < -0.4 is 15.4 Å². The molecule has 3 rings (SSSR count). The maximum atomic E-state index is 12.4. The number of amides is 2. The number of rotatable bonds is 7. The Balaban J connectivity index is 1.64. The van der Waals surface area contributed by atoms with Crippen LogP contribution in [0.25, 0.3) is 6.08 Å². The lowest BCUT2D eigenvalue weighted by Crippen LogP contribution is -2.20. The van der Waals surface area contributed by atoms with Crippen LogP contribution >= 0.6 is 11.6 Å². The lowest BCUT2D eigenvalue weighted by atomic mass is 10.1. The molecule has 33 heavy (non-hydrogen) atoms. The fourth-order valence-corrected chi connectivity index (χ4v) is 3.07. The number of anilines is 2. The Morgan fingerprint density at radius 3 is 2.52 bits per heavy atom. The summed E-state index contributed by atoms with van der Waals surface area (Å²) in [7, 11) is 0. The molecule has 0 saturated heterocycles. The Hall–Kier alpha value is -4.08. The van der Waals surface area contributed by atoms with E-state index in [-0.39, 0.29) is 18.1 Å². The second kappa shape index (κ2) is 11.0. The molecule has 0 saturated carbocycles. The zero-order valence-electron chi connectivity index (χ0n) is 18.2. The molecule has 166 valence electrons. The number of halogens is 1. The van der Waals surface area contributed by atoms with Crippen molar-refractivity contribution < 1.29 is 14.3 Å². The van der Waals surface area contributed by atoms with Crippen LogP contribution in [-0.2, 0) is 9.59 Å². The van der Waals surface area contributed by atoms with Gasteiger partial charge < -0.3 is 15.4 Å². The van der Waals surface area contributed by atoms with Gasteiger partial charge in [-0.25, -0.2) is 0 Å². The van der Waals surface area contributed by atoms with Gasteiger partial charge in [0.25, 0.3) is 11.8 Å². The summed E-state index contributed by atoms with van der Waals surface area (Å²) in [5, 5.41) is 15.5. The fourth-order valence-electron chi connectivity index (χ4n) is 2.95. The zero-order valence-corrected chi connectivity index (χ0v) is 18.9. The zero-order chi connectivity index (χ0) is 23.8. The maximum absolute atomic E-state index is 12.4. The van der Waals surface area contributed by atoms with Crippen LogP contribution in [0.1, 0.15) is 16.7 Å². The van der Waals surface area contributed by atoms with Gasteiger partial charge in [-0.15, -0.1) is 0 Å². The van der Waals surface area contributed by atoms with Crippen molar-refractivity contribution in [1.29, 1.82) is 5.26 Å². The highest BCUT2D eigenvalue weighted by Gasteiger charge is 2.11. The predicted octanol–water partition coefficient (Wildman–Crippen LogP) is 5.52. The van der Waals surface area contributed by atoms with Gasteiger partial charge in [0.1, 0.15) is 17.4 Å². The molecule has 2 N–H and O–H groups in total. The summed E-state index contributed by atoms with van der Waals surface area (Å²) in [5.74, 6) is -0.390. The summed E-state index contributed by atoms with van der Waals surface area (Å²) >= 11 is 5.85. The maximum Gasteiger partial charge on any atom is 0.266 e. The van der Waals surface area contributed by atoms with E-state index < -0.39 is 5.91 Å². The monoisotopic (exact) mass is 459 g/mol. The van der Waals surface area contributed by atoms with E-state index in [0.29, 0.717) is 22.0 Å². The van der Waals surface area contributed by atoms with Crippen molar-refractivity contribution in [2.24, 2.45) is 0 Å². The Labute approximate surface area is 197 Å². The highest BCUT2D eigenvalue weighted by Crippen LogP contribution is 2.19. The summed E-state index contributed by atoms with van der Waals surface area (Å²) in [6, 6.07) is 21.1. The van der Waals surface area contributed by atoms with Crippen LogP contribution in [0.3, 0.4) is 0 Å². The third-order valence-corrected chi connectivity index (χ3v) is 4.93. The van der Waals surface area contributed by atoms with Gasteiger partial charge in [0.2, 0.25) is 0 Å². The molecule has 0 atom stereocenters. The van der Waals surface area contributed by atoms with Crippen LogP contribution in [0.4, 0.5) is 11.4 Å². The summed E-state index contributed by atoms with van der Waals surface area (Å²) < 4.78 is 5.60. The Morgan fingerprint density at radius 1 is 1.03 bits per heavy atom. The highest BCUT2D eigenvalue weighted by atomic mass is 35.5. The van der Waals surface area contributed by atoms with Gasteiger partial charge in [0, 0.05) is 16.4 Å². The normalized spacial score (nSPS) is 10.8. The van der Waals surface area contributed by atoms with Gasteiger partial charge in [-0.1, -0.05) is 35.9 Å². The third kappa shape index (κ3) is 6.96. The van der Waals surface area contributed by atoms with Crippen LogP contribution in [0, 0.1) is 25.2 Å². The molecule has 0 aliphatic carbocycles. The van der Waals surface area contributed by atoms with Crippen molar-refractivity contribution in [3.63, 3.8) is 0 Å². The number of nitrogens with one attached hydrogen (secondary N) is 2. The number of carbonyl (C=O) groups is 2. The molecule has 2 amide bonds. The summed E-state index contributed by atoms with van der Waals surface area (Å²) in [4.78, 5) is 24.7. The first-order valence-corrected chi connectivity index (χ1v) is 10.5. The first-order chi connectivity index (χ1) is 15.8. The van der Waals surface area contributed by atoms with Gasteiger partial charge >= 0.3 is 0 Å². The Morgan fingerprint density at radius 2 is 1.79 bits per heavy atom. The molecule has 6 nitrogen and oxygen atoms in total. The molecule has 3 aromatic carbocycles. The van der Waals surface area contributed by atoms with Crippen molar-refractivity contribution in [1.82, 2.24) is 0 Å². The minimum absolute atomic E-state index is 0.0743. The van der Waals surface area contributed by atoms with E-state index in [0.717, 1.165) is 16.8 Å². The van der Waals surface area contributed by atoms with Gasteiger partial charge in [-0.3, -0.25) is 9.59 Å². The molecular weight excluding hydrogens is 438 g/mol. The van der Waals surface area contributed by atoms with Crippen molar-refractivity contribution in [2.75, 3.05) is 17.2 Å². The minimum Gasteiger partial charge on any atom is -0.484 e. The van der Waals surface area contributed by atoms with Crippen molar-refractivity contribution in [3.8, 4) is 11.8 Å². The third-order valence-electron chi connectivity index (χ3n) is 4.67. The lowest BCUT2D eigenvalue weighted by molar-refractivity contribution is -0.118. The van der Waals surface area contributed by atoms with Gasteiger partial charge in [0.05, 0.1) is 0 Å². The average molecular weight is 460 g/mol. The summed E-state index contributed by atoms with van der Waals surface area (Å²) in [5.41, 5.74) is 3.79. The first-order valence-electron chi connectivity index (χ1n) is 10.1. The fraction of sp³-hybridized carbons (Fsp3) is 0.115. The van der Waals surface area contributed by atoms with Crippen molar-refractivity contribution >= 4 is 40.9 Å². The Kier molecular flexibility index (Phi) is 7.85. The molecule has 0 radical (unpaired) electrons. The minimum atomic E-state index is -0.543. The lowest BCUT2D eigenvalue weighted by Gasteiger charge is -2.11. The molecule has 0 aromatic heterocycles. The number of carbonyl (C=O) groups excluding carboxylic acids is 2. The summed E-state index contributed by atoms with van der Waals surface area (Å²) in [6.45, 7) is 3.69. The SMILES string of the molecule is Cc1ccc(C)c(NC(=O)COc2cccc(/C=C(/C#N)C(=O)Nc3ccc(Cl)cc3)c2)c1. The highest BCUT2D eigenvalue weighted by molar-refractivity contribution is 6.30. The van der Waals surface area contributed by atoms with Crippen molar-refractivity contribution in [2.45, 2.75) is 13.8 Å². The van der Waals surface area contributed by atoms with E-state index in [1.54, 1.807) is 48.5 Å². The average Bonchev–Trinajstić information content (AvgIpc) is 2.80. The number of ether oxygens (including phenoxy) is 1. The number of benzene rings is 3. The standard InChI is InChI=1S/C26H22ClN3O3/c1-17-6-7-18(2)24(12-17)30-25(31)16-33-23-5-3-4-19(14-23)13-20(15-28)26(32)29-22-10-8-21(27)9-11-22/h3-14H,16H2,1-2H3,(H,29,32)(H,30,31)/b20-13-. The van der Waals surface area contributed by atoms with E-state index in [1.165, 1.54) is 6.08 Å². The smallest absolute Gasteiger partial charge is 0.266 e. The first kappa shape index (κ1) is 23.6. The van der Waals surface area contributed by atoms with E-state index in [2.05, 4.69) is 10.6 Å². The molecule has 0 heterocycles. The van der Waals surface area contributed by atoms with Crippen LogP contribution in [0.15, 0.2) is 72.3 Å². The predicted molar refractivity (Wildman–Crippen MR) is 130 cm³/mol. The quantitative estimate of drug-likeness (QED) is 0.359. The molecule has 0 aliphatic heterocycles. The molecule has 0 aliphatic rings. The largest absolute Gasteiger partial charge is 0.484 e. The van der Waals surface area contributed by atoms with E-state index in [9.17, 15) is 14.9 Å². The van der Waals surface area contributed by atoms with E-state index >= 15 is 0 Å². The number of aryl methyl sites for hydroxylation is 2. The van der Waals surface area contributed by atoms with Gasteiger partial charge in [0.15, 0.2) is 6.61 Å². The van der Waals surface area contributed by atoms with Crippen LogP contribution in [0.5, 0.6) is 5.75 Å². The van der Waals surface area contributed by atoms with Crippen LogP contribution in [-0.4, -0.2) is 18.4 Å². The van der Waals surface area contributed by atoms with Gasteiger partial charge in [-0.2, -0.15) is 5.26 Å². The molecule has 0 bridgehead atoms. The molecule has 0 fully saturated rings. The van der Waals surface area contributed by atoms with E-state index in [4.69, 9.17) is 16.3 Å². The second-order valence-electron chi connectivity index (χ2n) is 7.36. The number of nitrogens with zero attached hydrogens (tertiary/aromatic N) is 1. The van der Waals surface area contributed by atoms with Crippen LogP contribution in [0.2, 0.25) is 5.02 Å². The Bertz CT molecular complexity index is 1240. The number of hydrogen-bond donors (Lipinski definition) is 2. The molecule has 0 unspecified atom stereocenters. The second-order valence-corrected chi connectivity index (χ2v) is 7.79. The summed E-state index contributed by atoms with van der Waals surface area (Å²) in [6.07, 6.45) is 1.45. The topological polar surface area (TPSA) is 91.2 Å². The number of nitriles is 1. The molecule has 7 heteroatoms. The van der Waals surface area contributed by atoms with Gasteiger partial charge in [-0.05, 0) is 79.1 Å².